The number of nitrogens with zero attached hydrogens (tertiary/aromatic N) is 3. The average molecular weight is 262 g/mol. The lowest BCUT2D eigenvalue weighted by molar-refractivity contribution is 0.513. The quantitative estimate of drug-likeness (QED) is 0.800. The van der Waals surface area contributed by atoms with Gasteiger partial charge >= 0.3 is 0 Å². The van der Waals surface area contributed by atoms with Gasteiger partial charge in [-0.1, -0.05) is 19.9 Å². The van der Waals surface area contributed by atoms with Crippen LogP contribution < -0.4 is 10.2 Å². The molecule has 0 aliphatic rings. The predicted molar refractivity (Wildman–Crippen MR) is 81.3 cm³/mol. The fourth-order valence-corrected chi connectivity index (χ4v) is 1.74. The van der Waals surface area contributed by atoms with E-state index in [9.17, 15) is 0 Å². The fraction of sp³-hybridized carbons (Fsp3) is 0.600. The van der Waals surface area contributed by atoms with Crippen LogP contribution in [-0.4, -0.2) is 28.3 Å². The summed E-state index contributed by atoms with van der Waals surface area (Å²) in [5.41, 5.74) is 0.963. The maximum Gasteiger partial charge on any atom is 0.151 e. The van der Waals surface area contributed by atoms with E-state index < -0.39 is 0 Å². The number of nitrogens with one attached hydrogen (secondary N) is 1. The van der Waals surface area contributed by atoms with Gasteiger partial charge in [0.15, 0.2) is 5.82 Å². The van der Waals surface area contributed by atoms with Gasteiger partial charge in [-0.3, -0.25) is 0 Å². The number of rotatable bonds is 6. The Labute approximate surface area is 116 Å². The van der Waals surface area contributed by atoms with E-state index >= 15 is 0 Å². The molecule has 1 rings (SSSR count). The molecule has 1 N–H and O–H groups in total. The SMILES string of the molecule is C=CCN(c1ccc(CNC(C)C)nn1)C(C)(C)C. The van der Waals surface area contributed by atoms with Gasteiger partial charge in [-0.25, -0.2) is 0 Å². The monoisotopic (exact) mass is 262 g/mol. The first-order chi connectivity index (χ1) is 8.84. The molecule has 0 saturated carbocycles. The predicted octanol–water partition coefficient (Wildman–Crippen LogP) is 2.77. The molecule has 0 unspecified atom stereocenters. The number of hydrogen-bond acceptors (Lipinski definition) is 4. The highest BCUT2D eigenvalue weighted by Gasteiger charge is 2.21. The van der Waals surface area contributed by atoms with Gasteiger partial charge in [-0.05, 0) is 32.9 Å². The second-order valence-corrected chi connectivity index (χ2v) is 5.99. The van der Waals surface area contributed by atoms with Crippen molar-refractivity contribution >= 4 is 5.82 Å². The summed E-state index contributed by atoms with van der Waals surface area (Å²) in [7, 11) is 0. The molecular formula is C15H26N4. The van der Waals surface area contributed by atoms with E-state index in [2.05, 4.69) is 61.6 Å². The van der Waals surface area contributed by atoms with Gasteiger partial charge in [0.1, 0.15) is 0 Å². The third-order valence-electron chi connectivity index (χ3n) is 2.80. The highest BCUT2D eigenvalue weighted by molar-refractivity contribution is 5.41. The lowest BCUT2D eigenvalue weighted by atomic mass is 10.1. The van der Waals surface area contributed by atoms with Crippen LogP contribution in [-0.2, 0) is 6.54 Å². The third kappa shape index (κ3) is 4.99. The van der Waals surface area contributed by atoms with Crippen LogP contribution in [0.3, 0.4) is 0 Å². The summed E-state index contributed by atoms with van der Waals surface area (Å²) in [6.45, 7) is 16.0. The van der Waals surface area contributed by atoms with Crippen molar-refractivity contribution in [3.63, 3.8) is 0 Å². The van der Waals surface area contributed by atoms with Gasteiger partial charge in [-0.15, -0.1) is 11.7 Å². The van der Waals surface area contributed by atoms with Crippen LogP contribution in [0.5, 0.6) is 0 Å². The van der Waals surface area contributed by atoms with Crippen LogP contribution in [0.4, 0.5) is 5.82 Å². The Morgan fingerprint density at radius 2 is 2.00 bits per heavy atom. The molecule has 0 spiro atoms. The van der Waals surface area contributed by atoms with Gasteiger partial charge in [0.25, 0.3) is 0 Å². The lowest BCUT2D eigenvalue weighted by Crippen LogP contribution is -2.42. The molecule has 106 valence electrons. The van der Waals surface area contributed by atoms with Gasteiger partial charge in [0.2, 0.25) is 0 Å². The molecule has 4 heteroatoms. The molecular weight excluding hydrogens is 236 g/mol. The molecule has 0 aromatic carbocycles. The summed E-state index contributed by atoms with van der Waals surface area (Å²) in [4.78, 5) is 2.19. The minimum absolute atomic E-state index is 0.000565. The zero-order valence-corrected chi connectivity index (χ0v) is 12.8. The Balaban J connectivity index is 2.80. The Morgan fingerprint density at radius 3 is 2.42 bits per heavy atom. The molecule has 0 aliphatic heterocycles. The summed E-state index contributed by atoms with van der Waals surface area (Å²) in [6.07, 6.45) is 1.89. The molecule has 0 amide bonds. The maximum atomic E-state index is 4.33. The molecule has 0 aliphatic carbocycles. The average Bonchev–Trinajstić information content (AvgIpc) is 2.33. The Morgan fingerprint density at radius 1 is 1.32 bits per heavy atom. The first-order valence-electron chi connectivity index (χ1n) is 6.79. The molecule has 1 aromatic rings. The van der Waals surface area contributed by atoms with Gasteiger partial charge in [0, 0.05) is 24.7 Å². The van der Waals surface area contributed by atoms with E-state index in [1.807, 2.05) is 18.2 Å². The van der Waals surface area contributed by atoms with Crippen molar-refractivity contribution in [2.24, 2.45) is 0 Å². The van der Waals surface area contributed by atoms with Gasteiger partial charge < -0.3 is 10.2 Å². The zero-order valence-electron chi connectivity index (χ0n) is 12.8. The van der Waals surface area contributed by atoms with E-state index in [4.69, 9.17) is 0 Å². The minimum Gasteiger partial charge on any atom is -0.347 e. The molecule has 1 aromatic heterocycles. The summed E-state index contributed by atoms with van der Waals surface area (Å²) in [6, 6.07) is 4.51. The van der Waals surface area contributed by atoms with Crippen LogP contribution >= 0.6 is 0 Å². The van der Waals surface area contributed by atoms with Crippen LogP contribution in [0.2, 0.25) is 0 Å². The molecule has 19 heavy (non-hydrogen) atoms. The van der Waals surface area contributed by atoms with Crippen molar-refractivity contribution in [3.05, 3.63) is 30.5 Å². The highest BCUT2D eigenvalue weighted by Crippen LogP contribution is 2.20. The number of anilines is 1. The van der Waals surface area contributed by atoms with E-state index in [0.29, 0.717) is 6.04 Å². The second-order valence-electron chi connectivity index (χ2n) is 5.99. The first kappa shape index (κ1) is 15.6. The molecule has 0 saturated heterocycles. The largest absolute Gasteiger partial charge is 0.347 e. The highest BCUT2D eigenvalue weighted by atomic mass is 15.3. The maximum absolute atomic E-state index is 4.33. The molecule has 4 nitrogen and oxygen atoms in total. The van der Waals surface area contributed by atoms with Crippen LogP contribution in [0.15, 0.2) is 24.8 Å². The number of hydrogen-bond donors (Lipinski definition) is 1. The Bertz CT molecular complexity index is 390. The molecule has 1 heterocycles. The molecule has 0 atom stereocenters. The second kappa shape index (κ2) is 6.66. The van der Waals surface area contributed by atoms with Crippen LogP contribution in [0, 0.1) is 0 Å². The van der Waals surface area contributed by atoms with E-state index in [-0.39, 0.29) is 5.54 Å². The first-order valence-corrected chi connectivity index (χ1v) is 6.79. The zero-order chi connectivity index (χ0) is 14.5. The summed E-state index contributed by atoms with van der Waals surface area (Å²) >= 11 is 0. The number of aromatic nitrogens is 2. The third-order valence-corrected chi connectivity index (χ3v) is 2.80. The fourth-order valence-electron chi connectivity index (χ4n) is 1.74. The smallest absolute Gasteiger partial charge is 0.151 e. The van der Waals surface area contributed by atoms with E-state index in [0.717, 1.165) is 24.6 Å². The van der Waals surface area contributed by atoms with Crippen LogP contribution in [0.1, 0.15) is 40.3 Å². The van der Waals surface area contributed by atoms with Crippen molar-refractivity contribution < 1.29 is 0 Å². The lowest BCUT2D eigenvalue weighted by Gasteiger charge is -2.35. The van der Waals surface area contributed by atoms with Crippen LogP contribution in [0.25, 0.3) is 0 Å². The van der Waals surface area contributed by atoms with E-state index in [1.54, 1.807) is 0 Å². The summed E-state index contributed by atoms with van der Waals surface area (Å²) in [5, 5.41) is 11.9. The van der Waals surface area contributed by atoms with Crippen molar-refractivity contribution in [1.29, 1.82) is 0 Å². The molecule has 0 bridgehead atoms. The summed E-state index contributed by atoms with van der Waals surface area (Å²) in [5.74, 6) is 0.890. The van der Waals surface area contributed by atoms with Crippen molar-refractivity contribution in [2.75, 3.05) is 11.4 Å². The van der Waals surface area contributed by atoms with Crippen molar-refractivity contribution in [3.8, 4) is 0 Å². The van der Waals surface area contributed by atoms with E-state index in [1.165, 1.54) is 0 Å². The Kier molecular flexibility index (Phi) is 5.48. The van der Waals surface area contributed by atoms with Gasteiger partial charge in [-0.2, -0.15) is 5.10 Å². The Hall–Kier alpha value is -1.42. The molecule has 0 fully saturated rings. The summed E-state index contributed by atoms with van der Waals surface area (Å²) < 4.78 is 0. The van der Waals surface area contributed by atoms with Gasteiger partial charge in [0.05, 0.1) is 5.69 Å². The minimum atomic E-state index is 0.000565. The van der Waals surface area contributed by atoms with Crippen molar-refractivity contribution in [2.45, 2.75) is 52.7 Å². The molecule has 0 radical (unpaired) electrons. The standard InChI is InChI=1S/C15H26N4/c1-7-10-19(15(4,5)6)14-9-8-13(17-18-14)11-16-12(2)3/h7-9,12,16H,1,10-11H2,2-6H3. The van der Waals surface area contributed by atoms with Crippen molar-refractivity contribution in [1.82, 2.24) is 15.5 Å². The topological polar surface area (TPSA) is 41.0 Å². The normalized spacial score (nSPS) is 11.7.